The Kier molecular flexibility index (Phi) is 10.4. The number of carboxylic acids is 2. The number of rotatable bonds is 2. The highest BCUT2D eigenvalue weighted by Gasteiger charge is 2.49. The van der Waals surface area contributed by atoms with Gasteiger partial charge in [0.1, 0.15) is 0 Å². The quantitative estimate of drug-likeness (QED) is 0.509. The van der Waals surface area contributed by atoms with Gasteiger partial charge in [-0.3, -0.25) is 19.5 Å². The number of anilines is 1. The standard InChI is InChI=1S/C21H24N4O2.2C2HF3O2/c1-16-6-3-4-8-18(16)20(27)24-11-9-21(14-24)15-25(19(26)13-23(21)2)17-7-5-10-22-12-17;2*3-2(4,5)1(6)7/h3-8,10,12H,9,11,13-15H2,1-2H3;2*(H,6,7). The van der Waals surface area contributed by atoms with E-state index in [9.17, 15) is 35.9 Å². The molecule has 224 valence electrons. The van der Waals surface area contributed by atoms with Gasteiger partial charge in [0.2, 0.25) is 5.91 Å². The van der Waals surface area contributed by atoms with Gasteiger partial charge in [-0.05, 0) is 44.2 Å². The maximum atomic E-state index is 13.0. The van der Waals surface area contributed by atoms with Gasteiger partial charge in [-0.2, -0.15) is 26.3 Å². The van der Waals surface area contributed by atoms with Crippen LogP contribution in [-0.4, -0.2) is 99.9 Å². The van der Waals surface area contributed by atoms with Crippen LogP contribution in [0.5, 0.6) is 0 Å². The van der Waals surface area contributed by atoms with E-state index in [1.54, 1.807) is 12.4 Å². The van der Waals surface area contributed by atoms with Gasteiger partial charge in [-0.25, -0.2) is 9.59 Å². The van der Waals surface area contributed by atoms with Crippen molar-refractivity contribution in [2.75, 3.05) is 38.1 Å². The van der Waals surface area contributed by atoms with Crippen LogP contribution in [0.25, 0.3) is 0 Å². The Bertz CT molecular complexity index is 1230. The van der Waals surface area contributed by atoms with E-state index in [1.165, 1.54) is 0 Å². The number of aryl methyl sites for hydroxylation is 1. The first kappa shape index (κ1) is 33.0. The first-order valence-electron chi connectivity index (χ1n) is 11.8. The van der Waals surface area contributed by atoms with Crippen LogP contribution in [0.1, 0.15) is 22.3 Å². The van der Waals surface area contributed by atoms with Crippen molar-refractivity contribution in [1.82, 2.24) is 14.8 Å². The zero-order chi connectivity index (χ0) is 31.2. The van der Waals surface area contributed by atoms with E-state index in [4.69, 9.17) is 19.8 Å². The Morgan fingerprint density at radius 2 is 1.49 bits per heavy atom. The zero-order valence-electron chi connectivity index (χ0n) is 21.7. The lowest BCUT2D eigenvalue weighted by atomic mass is 9.92. The van der Waals surface area contributed by atoms with Crippen molar-refractivity contribution in [3.05, 3.63) is 59.9 Å². The molecule has 2 aliphatic rings. The summed E-state index contributed by atoms with van der Waals surface area (Å²) in [6.07, 6.45) is -5.88. The number of aliphatic carboxylic acids is 2. The second-order valence-corrected chi connectivity index (χ2v) is 9.17. The summed E-state index contributed by atoms with van der Waals surface area (Å²) in [4.78, 5) is 53.4. The van der Waals surface area contributed by atoms with E-state index < -0.39 is 24.3 Å². The van der Waals surface area contributed by atoms with Crippen LogP contribution in [0.15, 0.2) is 48.8 Å². The molecule has 1 unspecified atom stereocenters. The summed E-state index contributed by atoms with van der Waals surface area (Å²) in [7, 11) is 1.99. The monoisotopic (exact) mass is 592 g/mol. The summed E-state index contributed by atoms with van der Waals surface area (Å²) < 4.78 is 63.5. The van der Waals surface area contributed by atoms with E-state index in [0.717, 1.165) is 23.2 Å². The maximum Gasteiger partial charge on any atom is 0.490 e. The summed E-state index contributed by atoms with van der Waals surface area (Å²) in [5, 5.41) is 14.2. The molecule has 2 fully saturated rings. The van der Waals surface area contributed by atoms with Gasteiger partial charge < -0.3 is 20.0 Å². The number of likely N-dealkylation sites (N-methyl/N-ethyl adjacent to an activating group) is 1. The lowest BCUT2D eigenvalue weighted by Crippen LogP contribution is -2.64. The maximum absolute atomic E-state index is 13.0. The van der Waals surface area contributed by atoms with Gasteiger partial charge in [-0.15, -0.1) is 0 Å². The average molecular weight is 592 g/mol. The SMILES string of the molecule is Cc1ccccc1C(=O)N1CCC2(C1)CN(c1cccnc1)C(=O)CN2C.O=C(O)C(F)(F)F.O=C(O)C(F)(F)F. The summed E-state index contributed by atoms with van der Waals surface area (Å²) in [6, 6.07) is 11.5. The fourth-order valence-corrected chi connectivity index (χ4v) is 4.16. The second-order valence-electron chi connectivity index (χ2n) is 9.17. The number of amides is 2. The van der Waals surface area contributed by atoms with Crippen LogP contribution in [0.3, 0.4) is 0 Å². The van der Waals surface area contributed by atoms with Crippen molar-refractivity contribution in [3.63, 3.8) is 0 Å². The molecule has 0 radical (unpaired) electrons. The highest BCUT2D eigenvalue weighted by Crippen LogP contribution is 2.34. The third-order valence-electron chi connectivity index (χ3n) is 6.37. The fraction of sp³-hybridized carbons (Fsp3) is 0.400. The molecule has 2 N–H and O–H groups in total. The van der Waals surface area contributed by atoms with Gasteiger partial charge in [-0.1, -0.05) is 18.2 Å². The van der Waals surface area contributed by atoms with Crippen molar-refractivity contribution in [2.45, 2.75) is 31.2 Å². The highest BCUT2D eigenvalue weighted by molar-refractivity contribution is 5.97. The number of carbonyl (C=O) groups is 4. The number of aromatic nitrogens is 1. The molecule has 41 heavy (non-hydrogen) atoms. The first-order valence-corrected chi connectivity index (χ1v) is 11.8. The number of benzene rings is 1. The van der Waals surface area contributed by atoms with Crippen LogP contribution in [0.4, 0.5) is 32.0 Å². The molecule has 1 atom stereocenters. The number of likely N-dealkylation sites (tertiary alicyclic amines) is 1. The molecular weight excluding hydrogens is 566 g/mol. The van der Waals surface area contributed by atoms with Crippen LogP contribution < -0.4 is 4.90 Å². The molecule has 1 spiro atoms. The number of halogens is 6. The van der Waals surface area contributed by atoms with Crippen molar-refractivity contribution >= 4 is 29.4 Å². The lowest BCUT2D eigenvalue weighted by Gasteiger charge is -2.46. The van der Waals surface area contributed by atoms with E-state index in [-0.39, 0.29) is 17.4 Å². The summed E-state index contributed by atoms with van der Waals surface area (Å²) in [5.74, 6) is -5.37. The molecule has 1 aromatic carbocycles. The Balaban J connectivity index is 0.000000349. The number of hydrogen-bond acceptors (Lipinski definition) is 6. The number of hydrogen-bond donors (Lipinski definition) is 2. The molecule has 10 nitrogen and oxygen atoms in total. The van der Waals surface area contributed by atoms with Crippen molar-refractivity contribution in [1.29, 1.82) is 0 Å². The van der Waals surface area contributed by atoms with Gasteiger partial charge in [0.05, 0.1) is 24.0 Å². The molecule has 2 saturated heterocycles. The topological polar surface area (TPSA) is 131 Å². The smallest absolute Gasteiger partial charge is 0.475 e. The van der Waals surface area contributed by atoms with Crippen LogP contribution in [0, 0.1) is 6.92 Å². The lowest BCUT2D eigenvalue weighted by molar-refractivity contribution is -0.193. The highest BCUT2D eigenvalue weighted by atomic mass is 19.4. The Hall–Kier alpha value is -4.21. The minimum Gasteiger partial charge on any atom is -0.475 e. The predicted molar refractivity (Wildman–Crippen MR) is 131 cm³/mol. The Morgan fingerprint density at radius 3 is 1.98 bits per heavy atom. The largest absolute Gasteiger partial charge is 0.490 e. The number of piperazine rings is 1. The number of carbonyl (C=O) groups excluding carboxylic acids is 2. The summed E-state index contributed by atoms with van der Waals surface area (Å²) >= 11 is 0. The van der Waals surface area contributed by atoms with Gasteiger partial charge >= 0.3 is 24.3 Å². The molecule has 2 amide bonds. The molecule has 0 bridgehead atoms. The normalized spacial score (nSPS) is 19.2. The third kappa shape index (κ3) is 8.64. The van der Waals surface area contributed by atoms with Crippen LogP contribution >= 0.6 is 0 Å². The van der Waals surface area contributed by atoms with Gasteiger partial charge in [0.15, 0.2) is 0 Å². The van der Waals surface area contributed by atoms with Crippen LogP contribution in [0.2, 0.25) is 0 Å². The van der Waals surface area contributed by atoms with Crippen molar-refractivity contribution < 1.29 is 55.7 Å². The average Bonchev–Trinajstić information content (AvgIpc) is 3.32. The minimum absolute atomic E-state index is 0.0693. The molecule has 4 rings (SSSR count). The molecule has 2 aromatic rings. The van der Waals surface area contributed by atoms with Crippen molar-refractivity contribution in [2.24, 2.45) is 0 Å². The van der Waals surface area contributed by atoms with Crippen LogP contribution in [-0.2, 0) is 14.4 Å². The Labute approximate surface area is 229 Å². The molecule has 3 heterocycles. The predicted octanol–water partition coefficient (Wildman–Crippen LogP) is 3.22. The molecule has 16 heteroatoms. The number of alkyl halides is 6. The first-order chi connectivity index (χ1) is 18.9. The molecule has 1 aromatic heterocycles. The minimum atomic E-state index is -5.08. The van der Waals surface area contributed by atoms with E-state index in [1.807, 2.05) is 60.2 Å². The van der Waals surface area contributed by atoms with E-state index in [2.05, 4.69) is 9.88 Å². The molecule has 2 aliphatic heterocycles. The van der Waals surface area contributed by atoms with E-state index >= 15 is 0 Å². The fourth-order valence-electron chi connectivity index (χ4n) is 4.16. The third-order valence-corrected chi connectivity index (χ3v) is 6.37. The molecule has 0 aliphatic carbocycles. The molecule has 0 saturated carbocycles. The van der Waals surface area contributed by atoms with Gasteiger partial charge in [0.25, 0.3) is 5.91 Å². The summed E-state index contributed by atoms with van der Waals surface area (Å²) in [6.45, 7) is 4.22. The summed E-state index contributed by atoms with van der Waals surface area (Å²) in [5.41, 5.74) is 2.35. The van der Waals surface area contributed by atoms with Gasteiger partial charge in [0, 0.05) is 31.4 Å². The zero-order valence-corrected chi connectivity index (χ0v) is 21.7. The number of nitrogens with zero attached hydrogens (tertiary/aromatic N) is 4. The number of carboxylic acid groups (broad SMARTS) is 2. The van der Waals surface area contributed by atoms with Crippen molar-refractivity contribution in [3.8, 4) is 0 Å². The number of pyridine rings is 1. The Morgan fingerprint density at radius 1 is 0.927 bits per heavy atom. The second kappa shape index (κ2) is 13.0. The molecular formula is C25H26F6N4O6. The van der Waals surface area contributed by atoms with E-state index in [0.29, 0.717) is 26.2 Å².